The maximum absolute atomic E-state index is 12.4. The maximum Gasteiger partial charge on any atom is 0.269 e. The lowest BCUT2D eigenvalue weighted by Crippen LogP contribution is -2.43. The van der Waals surface area contributed by atoms with E-state index in [2.05, 4.69) is 75.8 Å². The summed E-state index contributed by atoms with van der Waals surface area (Å²) in [7, 11) is 2.14. The Morgan fingerprint density at radius 2 is 2.10 bits per heavy atom. The van der Waals surface area contributed by atoms with Crippen LogP contribution in [0.15, 0.2) is 40.9 Å². The second-order valence-electron chi connectivity index (χ2n) is 7.99. The third kappa shape index (κ3) is 3.99. The number of thiazole rings is 1. The summed E-state index contributed by atoms with van der Waals surface area (Å²) in [5, 5.41) is 1.27. The summed E-state index contributed by atoms with van der Waals surface area (Å²) >= 11 is 5.42. The lowest BCUT2D eigenvalue weighted by atomic mass is 9.95. The van der Waals surface area contributed by atoms with E-state index in [1.54, 1.807) is 6.92 Å². The number of halogens is 1. The van der Waals surface area contributed by atoms with E-state index in [1.807, 2.05) is 11.3 Å². The molecule has 3 nitrogen and oxygen atoms in total. The van der Waals surface area contributed by atoms with Crippen molar-refractivity contribution in [3.05, 3.63) is 46.4 Å². The van der Waals surface area contributed by atoms with E-state index < -0.39 is 0 Å². The number of anilines is 1. The van der Waals surface area contributed by atoms with Crippen LogP contribution in [-0.4, -0.2) is 18.4 Å². The van der Waals surface area contributed by atoms with E-state index in [9.17, 15) is 4.79 Å². The summed E-state index contributed by atoms with van der Waals surface area (Å²) < 4.78 is 4.68. The molecule has 29 heavy (non-hydrogen) atoms. The summed E-state index contributed by atoms with van der Waals surface area (Å²) in [6.45, 7) is 4.92. The Morgan fingerprint density at radius 1 is 1.28 bits per heavy atom. The van der Waals surface area contributed by atoms with Crippen LogP contribution < -0.4 is 9.47 Å². The molecular formula is C24H28BrN2OS+. The van der Waals surface area contributed by atoms with Crippen molar-refractivity contribution in [1.29, 1.82) is 0 Å². The van der Waals surface area contributed by atoms with Gasteiger partial charge in [-0.1, -0.05) is 47.0 Å². The third-order valence-corrected chi connectivity index (χ3v) is 7.70. The fourth-order valence-electron chi connectivity index (χ4n) is 4.44. The van der Waals surface area contributed by atoms with Crippen LogP contribution in [0.2, 0.25) is 0 Å². The highest BCUT2D eigenvalue weighted by atomic mass is 79.9. The zero-order chi connectivity index (χ0) is 20.5. The number of ketones is 1. The smallest absolute Gasteiger partial charge is 0.269 e. The van der Waals surface area contributed by atoms with Gasteiger partial charge in [0.2, 0.25) is 5.52 Å². The van der Waals surface area contributed by atoms with Gasteiger partial charge in [0, 0.05) is 22.8 Å². The number of hydrogen-bond acceptors (Lipinski definition) is 3. The second kappa shape index (κ2) is 8.57. The Hall–Kier alpha value is -1.72. The van der Waals surface area contributed by atoms with Gasteiger partial charge in [0.25, 0.3) is 5.01 Å². The Balaban J connectivity index is 1.72. The molecule has 5 heteroatoms. The molecule has 0 bridgehead atoms. The quantitative estimate of drug-likeness (QED) is 0.408. The molecule has 0 N–H and O–H groups in total. The van der Waals surface area contributed by atoms with Crippen LogP contribution in [0, 0.1) is 0 Å². The molecule has 0 saturated heterocycles. The van der Waals surface area contributed by atoms with E-state index in [0.717, 1.165) is 43.1 Å². The number of aromatic nitrogens is 1. The van der Waals surface area contributed by atoms with Gasteiger partial charge in [0.1, 0.15) is 11.7 Å². The standard InChI is InChI=1S/C24H28BrN2OS/c1-4-5-8-20(16(2)28)27-13-6-7-17-14-18(9-11-21(17)27)24-26(3)22-12-10-19(25)15-23(22)29-24/h9-12,14-15,20H,4-8,13H2,1-3H3/q+1. The van der Waals surface area contributed by atoms with Crippen molar-refractivity contribution in [2.75, 3.05) is 11.4 Å². The number of nitrogens with zero attached hydrogens (tertiary/aromatic N) is 2. The van der Waals surface area contributed by atoms with Gasteiger partial charge in [-0.2, -0.15) is 4.57 Å². The van der Waals surface area contributed by atoms with E-state index in [-0.39, 0.29) is 11.8 Å². The van der Waals surface area contributed by atoms with Crippen LogP contribution in [0.25, 0.3) is 20.8 Å². The molecule has 152 valence electrons. The van der Waals surface area contributed by atoms with Crippen molar-refractivity contribution in [2.45, 2.75) is 52.0 Å². The van der Waals surface area contributed by atoms with Crippen molar-refractivity contribution < 1.29 is 9.36 Å². The van der Waals surface area contributed by atoms with Gasteiger partial charge < -0.3 is 4.90 Å². The summed E-state index contributed by atoms with van der Waals surface area (Å²) in [4.78, 5) is 14.7. The zero-order valence-electron chi connectivity index (χ0n) is 17.4. The Labute approximate surface area is 185 Å². The molecule has 1 aromatic heterocycles. The van der Waals surface area contributed by atoms with E-state index >= 15 is 0 Å². The van der Waals surface area contributed by atoms with Gasteiger partial charge in [-0.25, -0.2) is 0 Å². The summed E-state index contributed by atoms with van der Waals surface area (Å²) in [6.07, 6.45) is 5.37. The fourth-order valence-corrected chi connectivity index (χ4v) is 6.14. The SMILES string of the molecule is CCCCC(C(C)=O)N1CCCc2cc(-c3sc4cc(Br)ccc4[n+]3C)ccc21. The number of carbonyl (C=O) groups is 1. The van der Waals surface area contributed by atoms with Crippen molar-refractivity contribution >= 4 is 49.0 Å². The number of carbonyl (C=O) groups excluding carboxylic acids is 1. The molecule has 0 spiro atoms. The molecule has 0 amide bonds. The Kier molecular flexibility index (Phi) is 6.07. The topological polar surface area (TPSA) is 24.2 Å². The lowest BCUT2D eigenvalue weighted by molar-refractivity contribution is -0.629. The predicted molar refractivity (Wildman–Crippen MR) is 126 cm³/mol. The van der Waals surface area contributed by atoms with Gasteiger partial charge in [-0.05, 0) is 62.1 Å². The first-order chi connectivity index (χ1) is 14.0. The number of rotatable bonds is 6. The molecule has 3 aromatic rings. The monoisotopic (exact) mass is 471 g/mol. The van der Waals surface area contributed by atoms with Crippen molar-refractivity contribution in [2.24, 2.45) is 7.05 Å². The van der Waals surface area contributed by atoms with Gasteiger partial charge >= 0.3 is 0 Å². The summed E-state index contributed by atoms with van der Waals surface area (Å²) in [6, 6.07) is 13.3. The molecule has 0 aliphatic carbocycles. The minimum Gasteiger partial charge on any atom is -0.361 e. The second-order valence-corrected chi connectivity index (χ2v) is 9.93. The molecule has 1 unspecified atom stereocenters. The molecule has 1 aliphatic rings. The number of hydrogen-bond donors (Lipinski definition) is 0. The van der Waals surface area contributed by atoms with Crippen LogP contribution in [0.4, 0.5) is 5.69 Å². The molecule has 1 atom stereocenters. The van der Waals surface area contributed by atoms with Crippen LogP contribution in [-0.2, 0) is 18.3 Å². The molecule has 0 radical (unpaired) electrons. The minimum atomic E-state index is 0.0117. The number of aryl methyl sites for hydroxylation is 2. The zero-order valence-corrected chi connectivity index (χ0v) is 19.8. The highest BCUT2D eigenvalue weighted by Gasteiger charge is 2.28. The van der Waals surface area contributed by atoms with Gasteiger partial charge in [0.15, 0.2) is 5.78 Å². The normalized spacial score (nSPS) is 14.8. The number of fused-ring (bicyclic) bond motifs is 2. The van der Waals surface area contributed by atoms with Gasteiger partial charge in [-0.3, -0.25) is 4.79 Å². The Bertz CT molecular complexity index is 1060. The largest absolute Gasteiger partial charge is 0.361 e. The number of benzene rings is 2. The van der Waals surface area contributed by atoms with E-state index in [4.69, 9.17) is 0 Å². The summed E-state index contributed by atoms with van der Waals surface area (Å²) in [5.41, 5.74) is 5.14. The minimum absolute atomic E-state index is 0.0117. The van der Waals surface area contributed by atoms with Crippen molar-refractivity contribution in [3.8, 4) is 10.6 Å². The third-order valence-electron chi connectivity index (χ3n) is 5.95. The highest BCUT2D eigenvalue weighted by molar-refractivity contribution is 9.10. The van der Waals surface area contributed by atoms with Gasteiger partial charge in [0.05, 0.1) is 11.6 Å². The average molecular weight is 472 g/mol. The molecule has 0 fully saturated rings. The fraction of sp³-hybridized carbons (Fsp3) is 0.417. The molecule has 2 aromatic carbocycles. The molecule has 4 rings (SSSR count). The number of Topliss-reactive ketones (excluding diaryl/α,β-unsaturated/α-hetero) is 1. The lowest BCUT2D eigenvalue weighted by Gasteiger charge is -2.37. The first-order valence-corrected chi connectivity index (χ1v) is 12.1. The van der Waals surface area contributed by atoms with E-state index in [1.165, 1.54) is 32.0 Å². The Morgan fingerprint density at radius 3 is 2.86 bits per heavy atom. The molecule has 0 saturated carbocycles. The molecular weight excluding hydrogens is 444 g/mol. The highest BCUT2D eigenvalue weighted by Crippen LogP contribution is 2.36. The van der Waals surface area contributed by atoms with Gasteiger partial charge in [-0.15, -0.1) is 0 Å². The van der Waals surface area contributed by atoms with E-state index in [0.29, 0.717) is 0 Å². The van der Waals surface area contributed by atoms with Crippen molar-refractivity contribution in [3.63, 3.8) is 0 Å². The average Bonchev–Trinajstić information content (AvgIpc) is 3.03. The number of unbranched alkanes of at least 4 members (excludes halogenated alkanes) is 1. The molecule has 1 aliphatic heterocycles. The van der Waals surface area contributed by atoms with Crippen LogP contribution in [0.5, 0.6) is 0 Å². The summed E-state index contributed by atoms with van der Waals surface area (Å²) in [5.74, 6) is 0.289. The maximum atomic E-state index is 12.4. The van der Waals surface area contributed by atoms with Crippen LogP contribution >= 0.6 is 27.3 Å². The first kappa shape index (κ1) is 20.5. The van der Waals surface area contributed by atoms with Crippen LogP contribution in [0.3, 0.4) is 0 Å². The molecule has 2 heterocycles. The van der Waals surface area contributed by atoms with Crippen LogP contribution in [0.1, 0.15) is 45.1 Å². The first-order valence-electron chi connectivity index (χ1n) is 10.5. The predicted octanol–water partition coefficient (Wildman–Crippen LogP) is 6.06. The van der Waals surface area contributed by atoms with Crippen molar-refractivity contribution in [1.82, 2.24) is 0 Å².